The number of sulfonamides is 1. The van der Waals surface area contributed by atoms with Crippen molar-refractivity contribution < 1.29 is 13.2 Å². The van der Waals surface area contributed by atoms with Gasteiger partial charge in [-0.3, -0.25) is 4.79 Å². The van der Waals surface area contributed by atoms with Crippen molar-refractivity contribution in [3.8, 4) is 0 Å². The van der Waals surface area contributed by atoms with Crippen LogP contribution in [0.1, 0.15) is 33.1 Å². The van der Waals surface area contributed by atoms with Gasteiger partial charge in [-0.15, -0.1) is 0 Å². The predicted octanol–water partition coefficient (Wildman–Crippen LogP) is 3.88. The van der Waals surface area contributed by atoms with E-state index in [1.807, 2.05) is 55.5 Å². The highest BCUT2D eigenvalue weighted by Gasteiger charge is 2.24. The summed E-state index contributed by atoms with van der Waals surface area (Å²) in [5.74, 6) is -0.00220. The number of aryl methyl sites for hydroxylation is 1. The number of Topliss-reactive ketones (excluding diaryl/α,β-unsaturated/α-hetero) is 1. The molecule has 1 atom stereocenters. The zero-order valence-electron chi connectivity index (χ0n) is 17.7. The van der Waals surface area contributed by atoms with Crippen LogP contribution >= 0.6 is 0 Å². The molecule has 3 aromatic carbocycles. The molecule has 6 nitrogen and oxygen atoms in total. The molecular weight excluding hydrogens is 422 g/mol. The van der Waals surface area contributed by atoms with Gasteiger partial charge in [-0.05, 0) is 42.2 Å². The molecule has 32 heavy (non-hydrogen) atoms. The monoisotopic (exact) mass is 447 g/mol. The Bertz CT molecular complexity index is 1340. The van der Waals surface area contributed by atoms with E-state index >= 15 is 0 Å². The summed E-state index contributed by atoms with van der Waals surface area (Å²) < 4.78 is 22.9. The maximum atomic E-state index is 13.6. The Morgan fingerprint density at radius 1 is 1.00 bits per heavy atom. The number of primary sulfonamides is 1. The van der Waals surface area contributed by atoms with E-state index in [2.05, 4.69) is 10.3 Å². The molecule has 0 amide bonds. The Hall–Kier alpha value is -3.26. The van der Waals surface area contributed by atoms with E-state index in [0.29, 0.717) is 18.5 Å². The van der Waals surface area contributed by atoms with Gasteiger partial charge < -0.3 is 10.3 Å². The van der Waals surface area contributed by atoms with Crippen molar-refractivity contribution in [2.24, 2.45) is 5.14 Å². The van der Waals surface area contributed by atoms with Crippen LogP contribution in [0.5, 0.6) is 0 Å². The highest BCUT2D eigenvalue weighted by molar-refractivity contribution is 7.89. The number of carbonyl (C=O) groups excluding carboxylic acids is 1. The summed E-state index contributed by atoms with van der Waals surface area (Å²) in [7, 11) is -3.71. The lowest BCUT2D eigenvalue weighted by atomic mass is 9.96. The van der Waals surface area contributed by atoms with Gasteiger partial charge in [-0.25, -0.2) is 13.6 Å². The van der Waals surface area contributed by atoms with Gasteiger partial charge in [-0.1, -0.05) is 60.7 Å². The third kappa shape index (κ3) is 4.65. The SMILES string of the molecule is Cc1cccc2c(C(=O)C(NCCc3ccc(S(N)(=O)=O)cc3)c3ccccc3)c[nH]c12. The van der Waals surface area contributed by atoms with Gasteiger partial charge in [0.25, 0.3) is 0 Å². The fourth-order valence-corrected chi connectivity index (χ4v) is 4.39. The van der Waals surface area contributed by atoms with Crippen LogP contribution in [-0.4, -0.2) is 25.7 Å². The number of carbonyl (C=O) groups is 1. The Morgan fingerprint density at radius 2 is 1.72 bits per heavy atom. The van der Waals surface area contributed by atoms with Gasteiger partial charge in [0.15, 0.2) is 5.78 Å². The normalized spacial score (nSPS) is 12.7. The average molecular weight is 448 g/mol. The summed E-state index contributed by atoms with van der Waals surface area (Å²) in [4.78, 5) is 16.9. The number of aromatic nitrogens is 1. The summed E-state index contributed by atoms with van der Waals surface area (Å²) in [6.45, 7) is 2.56. The molecule has 0 bridgehead atoms. The van der Waals surface area contributed by atoms with Crippen molar-refractivity contribution in [1.29, 1.82) is 0 Å². The van der Waals surface area contributed by atoms with Gasteiger partial charge in [0.2, 0.25) is 10.0 Å². The Balaban J connectivity index is 1.55. The van der Waals surface area contributed by atoms with Crippen LogP contribution in [0.2, 0.25) is 0 Å². The number of nitrogens with one attached hydrogen (secondary N) is 2. The average Bonchev–Trinajstić information content (AvgIpc) is 3.22. The summed E-state index contributed by atoms with van der Waals surface area (Å²) in [5.41, 5.74) is 4.56. The maximum absolute atomic E-state index is 13.6. The lowest BCUT2D eigenvalue weighted by molar-refractivity contribution is 0.0945. The van der Waals surface area contributed by atoms with E-state index in [1.54, 1.807) is 18.3 Å². The summed E-state index contributed by atoms with van der Waals surface area (Å²) in [6, 6.07) is 21.6. The molecule has 4 rings (SSSR count). The molecule has 0 aliphatic heterocycles. The molecule has 4 aromatic rings. The Kier molecular flexibility index (Phi) is 6.23. The van der Waals surface area contributed by atoms with E-state index in [4.69, 9.17) is 5.14 Å². The molecule has 0 aliphatic carbocycles. The van der Waals surface area contributed by atoms with Crippen LogP contribution in [0.4, 0.5) is 0 Å². The highest BCUT2D eigenvalue weighted by atomic mass is 32.2. The van der Waals surface area contributed by atoms with E-state index in [-0.39, 0.29) is 10.7 Å². The van der Waals surface area contributed by atoms with Gasteiger partial charge in [-0.2, -0.15) is 0 Å². The molecule has 0 fully saturated rings. The molecule has 1 heterocycles. The van der Waals surface area contributed by atoms with Crippen LogP contribution < -0.4 is 10.5 Å². The maximum Gasteiger partial charge on any atom is 0.238 e. The second kappa shape index (κ2) is 9.08. The van der Waals surface area contributed by atoms with Crippen LogP contribution in [0.15, 0.2) is 83.9 Å². The van der Waals surface area contributed by atoms with Crippen LogP contribution in [0, 0.1) is 6.92 Å². The molecular formula is C25H25N3O3S. The van der Waals surface area contributed by atoms with Crippen molar-refractivity contribution in [3.63, 3.8) is 0 Å². The Labute approximate surface area is 187 Å². The minimum Gasteiger partial charge on any atom is -0.360 e. The van der Waals surface area contributed by atoms with Crippen molar-refractivity contribution in [3.05, 3.63) is 101 Å². The van der Waals surface area contributed by atoms with E-state index in [1.165, 1.54) is 12.1 Å². The first-order chi connectivity index (χ1) is 15.3. The number of para-hydroxylation sites is 1. The standard InChI is InChI=1S/C25H25N3O3S/c1-17-6-5-9-21-22(16-28-23(17)21)25(29)24(19-7-3-2-4-8-19)27-15-14-18-10-12-20(13-11-18)32(26,30)31/h2-13,16,24,27-28H,14-15H2,1H3,(H2,26,30,31). The quantitative estimate of drug-likeness (QED) is 0.357. The molecule has 1 aromatic heterocycles. The second-order valence-corrected chi connectivity index (χ2v) is 9.36. The van der Waals surface area contributed by atoms with Crippen molar-refractivity contribution in [2.45, 2.75) is 24.3 Å². The number of hydrogen-bond acceptors (Lipinski definition) is 4. The first-order valence-corrected chi connectivity index (χ1v) is 11.9. The molecule has 164 valence electrons. The smallest absolute Gasteiger partial charge is 0.238 e. The lowest BCUT2D eigenvalue weighted by Gasteiger charge is -2.18. The van der Waals surface area contributed by atoms with Crippen molar-refractivity contribution in [2.75, 3.05) is 6.54 Å². The third-order valence-electron chi connectivity index (χ3n) is 5.60. The van der Waals surface area contributed by atoms with Crippen LogP contribution in [0.25, 0.3) is 10.9 Å². The summed E-state index contributed by atoms with van der Waals surface area (Å²) in [5, 5.41) is 9.46. The van der Waals surface area contributed by atoms with Gasteiger partial charge in [0.05, 0.1) is 10.9 Å². The minimum atomic E-state index is -3.71. The number of rotatable bonds is 8. The fourth-order valence-electron chi connectivity index (χ4n) is 3.88. The first-order valence-electron chi connectivity index (χ1n) is 10.4. The molecule has 0 saturated heterocycles. The van der Waals surface area contributed by atoms with Crippen LogP contribution in [0.3, 0.4) is 0 Å². The third-order valence-corrected chi connectivity index (χ3v) is 6.53. The number of aromatic amines is 1. The zero-order chi connectivity index (χ0) is 22.7. The van der Waals surface area contributed by atoms with Gasteiger partial charge in [0.1, 0.15) is 0 Å². The molecule has 7 heteroatoms. The number of benzene rings is 3. The number of nitrogens with two attached hydrogens (primary N) is 1. The second-order valence-electron chi connectivity index (χ2n) is 7.80. The predicted molar refractivity (Wildman–Crippen MR) is 126 cm³/mol. The minimum absolute atomic E-state index is 0.00220. The van der Waals surface area contributed by atoms with Gasteiger partial charge >= 0.3 is 0 Å². The molecule has 0 spiro atoms. The number of fused-ring (bicyclic) bond motifs is 1. The number of ketones is 1. The van der Waals surface area contributed by atoms with E-state index < -0.39 is 16.1 Å². The lowest BCUT2D eigenvalue weighted by Crippen LogP contribution is -2.30. The van der Waals surface area contributed by atoms with Crippen molar-refractivity contribution >= 4 is 26.7 Å². The van der Waals surface area contributed by atoms with Crippen molar-refractivity contribution in [1.82, 2.24) is 10.3 Å². The number of H-pyrrole nitrogens is 1. The van der Waals surface area contributed by atoms with E-state index in [0.717, 1.165) is 27.6 Å². The van der Waals surface area contributed by atoms with E-state index in [9.17, 15) is 13.2 Å². The topological polar surface area (TPSA) is 105 Å². The van der Waals surface area contributed by atoms with Gasteiger partial charge in [0, 0.05) is 29.2 Å². The zero-order valence-corrected chi connectivity index (χ0v) is 18.5. The summed E-state index contributed by atoms with van der Waals surface area (Å²) >= 11 is 0. The van der Waals surface area contributed by atoms with Crippen LogP contribution in [-0.2, 0) is 16.4 Å². The molecule has 1 unspecified atom stereocenters. The largest absolute Gasteiger partial charge is 0.360 e. The highest BCUT2D eigenvalue weighted by Crippen LogP contribution is 2.26. The molecule has 4 N–H and O–H groups in total. The fraction of sp³-hybridized carbons (Fsp3) is 0.160. The first kappa shape index (κ1) is 22.0. The summed E-state index contributed by atoms with van der Waals surface area (Å²) in [6.07, 6.45) is 2.41. The number of hydrogen-bond donors (Lipinski definition) is 3. The molecule has 0 aliphatic rings. The molecule has 0 radical (unpaired) electrons. The Morgan fingerprint density at radius 3 is 2.41 bits per heavy atom. The molecule has 0 saturated carbocycles.